The molecule has 3 nitrogen and oxygen atoms in total. The summed E-state index contributed by atoms with van der Waals surface area (Å²) in [6.07, 6.45) is 8.51. The van der Waals surface area contributed by atoms with Crippen LogP contribution in [0.25, 0.3) is 0 Å². The summed E-state index contributed by atoms with van der Waals surface area (Å²) >= 11 is 0. The van der Waals surface area contributed by atoms with Crippen molar-refractivity contribution in [3.05, 3.63) is 0 Å². The Morgan fingerprint density at radius 3 is 2.25 bits per heavy atom. The maximum atomic E-state index is 6.49. The Bertz CT molecular complexity index is 285. The summed E-state index contributed by atoms with van der Waals surface area (Å²) in [6, 6.07) is 0. The summed E-state index contributed by atoms with van der Waals surface area (Å²) in [6.45, 7) is 9.81. The van der Waals surface area contributed by atoms with Gasteiger partial charge in [0.25, 0.3) is 0 Å². The van der Waals surface area contributed by atoms with Gasteiger partial charge in [0, 0.05) is 19.8 Å². The van der Waals surface area contributed by atoms with Crippen molar-refractivity contribution < 1.29 is 13.9 Å². The van der Waals surface area contributed by atoms with Gasteiger partial charge in [-0.15, -0.1) is 0 Å². The molecule has 2 atom stereocenters. The molecular weight excluding hydrogens is 284 g/mol. The van der Waals surface area contributed by atoms with E-state index in [4.69, 9.17) is 13.9 Å². The molecule has 0 aromatic rings. The highest BCUT2D eigenvalue weighted by molar-refractivity contribution is 6.61. The molecule has 2 aliphatic heterocycles. The van der Waals surface area contributed by atoms with Gasteiger partial charge in [-0.05, 0) is 44.9 Å². The van der Waals surface area contributed by atoms with Gasteiger partial charge < -0.3 is 13.9 Å². The molecule has 0 aromatic heterocycles. The van der Waals surface area contributed by atoms with Crippen molar-refractivity contribution in [2.45, 2.75) is 75.4 Å². The van der Waals surface area contributed by atoms with Crippen LogP contribution < -0.4 is 0 Å². The molecule has 0 radical (unpaired) electrons. The molecule has 0 N–H and O–H groups in total. The lowest BCUT2D eigenvalue weighted by atomic mass is 9.96. The molecule has 0 aliphatic carbocycles. The van der Waals surface area contributed by atoms with Crippen LogP contribution in [0, 0.1) is 0 Å². The van der Waals surface area contributed by atoms with Crippen LogP contribution in [-0.4, -0.2) is 48.8 Å². The molecule has 2 heterocycles. The lowest BCUT2D eigenvalue weighted by Gasteiger charge is -2.55. The van der Waals surface area contributed by atoms with Gasteiger partial charge in [0.15, 0.2) is 9.76 Å². The Morgan fingerprint density at radius 2 is 1.75 bits per heavy atom. The molecule has 5 heteroatoms. The monoisotopic (exact) mass is 316 g/mol. The van der Waals surface area contributed by atoms with Crippen LogP contribution in [0.2, 0.25) is 13.1 Å². The normalized spacial score (nSPS) is 36.0. The molecule has 0 bridgehead atoms. The van der Waals surface area contributed by atoms with Crippen LogP contribution in [-0.2, 0) is 13.9 Å². The summed E-state index contributed by atoms with van der Waals surface area (Å²) < 4.78 is 19.1. The highest BCUT2D eigenvalue weighted by atomic mass is 28.3. The number of ether oxygens (including phenoxy) is 2. The molecule has 20 heavy (non-hydrogen) atoms. The van der Waals surface area contributed by atoms with Crippen molar-refractivity contribution in [3.8, 4) is 0 Å². The third kappa shape index (κ3) is 3.22. The first-order valence-corrected chi connectivity index (χ1v) is 12.7. The SMILES string of the molecule is CCCO[SiH2]C1(C2([SiH](C)C)CCCCO2)CCCCO1. The van der Waals surface area contributed by atoms with Crippen LogP contribution in [0.3, 0.4) is 0 Å². The van der Waals surface area contributed by atoms with E-state index in [1.54, 1.807) is 0 Å². The van der Waals surface area contributed by atoms with E-state index < -0.39 is 18.6 Å². The standard InChI is InChI=1S/C15H32O3Si2/c1-4-11-18-19-14(9-5-7-12-16-14)15(20(2)3)10-6-8-13-17-15/h20H,4-13,19H2,1-3H3. The highest BCUT2D eigenvalue weighted by Gasteiger charge is 2.57. The van der Waals surface area contributed by atoms with E-state index in [1.165, 1.54) is 38.5 Å². The molecule has 2 rings (SSSR count). The van der Waals surface area contributed by atoms with Crippen LogP contribution in [0.5, 0.6) is 0 Å². The van der Waals surface area contributed by atoms with E-state index in [1.807, 2.05) is 0 Å². The Kier molecular flexibility index (Phi) is 6.29. The maximum absolute atomic E-state index is 6.49. The van der Waals surface area contributed by atoms with Gasteiger partial charge in [0.2, 0.25) is 0 Å². The van der Waals surface area contributed by atoms with Gasteiger partial charge in [-0.25, -0.2) is 0 Å². The zero-order valence-corrected chi connectivity index (χ0v) is 16.1. The van der Waals surface area contributed by atoms with E-state index >= 15 is 0 Å². The van der Waals surface area contributed by atoms with Gasteiger partial charge in [-0.3, -0.25) is 0 Å². The highest BCUT2D eigenvalue weighted by Crippen LogP contribution is 2.44. The molecule has 0 spiro atoms. The fraction of sp³-hybridized carbons (Fsp3) is 1.00. The molecule has 0 aromatic carbocycles. The summed E-state index contributed by atoms with van der Waals surface area (Å²) in [5, 5.41) is 0.0207. The van der Waals surface area contributed by atoms with Gasteiger partial charge in [0.1, 0.15) is 5.22 Å². The van der Waals surface area contributed by atoms with Crippen LogP contribution in [0.15, 0.2) is 0 Å². The van der Waals surface area contributed by atoms with Gasteiger partial charge in [0.05, 0.1) is 14.0 Å². The van der Waals surface area contributed by atoms with E-state index in [0.717, 1.165) is 26.2 Å². The van der Waals surface area contributed by atoms with Crippen molar-refractivity contribution in [3.63, 3.8) is 0 Å². The minimum Gasteiger partial charge on any atom is -0.421 e. The summed E-state index contributed by atoms with van der Waals surface area (Å²) in [5.41, 5.74) is 0. The smallest absolute Gasteiger partial charge is 0.197 e. The number of rotatable bonds is 6. The molecule has 2 fully saturated rings. The zero-order valence-electron chi connectivity index (χ0n) is 13.6. The van der Waals surface area contributed by atoms with Crippen LogP contribution in [0.1, 0.15) is 51.9 Å². The minimum atomic E-state index is -0.972. The predicted octanol–water partition coefficient (Wildman–Crippen LogP) is 2.36. The second-order valence-corrected chi connectivity index (χ2v) is 11.8. The average molecular weight is 317 g/mol. The lowest BCUT2D eigenvalue weighted by Crippen LogP contribution is -2.69. The van der Waals surface area contributed by atoms with Gasteiger partial charge in [-0.2, -0.15) is 0 Å². The number of hydrogen-bond acceptors (Lipinski definition) is 3. The zero-order chi connectivity index (χ0) is 14.5. The van der Waals surface area contributed by atoms with E-state index in [9.17, 15) is 0 Å². The Balaban J connectivity index is 2.21. The minimum absolute atomic E-state index is 0.0266. The maximum Gasteiger partial charge on any atom is 0.197 e. The second kappa shape index (κ2) is 7.54. The molecule has 2 unspecified atom stereocenters. The Morgan fingerprint density at radius 1 is 1.05 bits per heavy atom. The van der Waals surface area contributed by atoms with Gasteiger partial charge in [-0.1, -0.05) is 20.0 Å². The Hall–Kier alpha value is 0.314. The first kappa shape index (κ1) is 16.7. The molecule has 118 valence electrons. The topological polar surface area (TPSA) is 27.7 Å². The molecule has 2 aliphatic rings. The third-order valence-corrected chi connectivity index (χ3v) is 10.4. The molecule has 0 saturated carbocycles. The van der Waals surface area contributed by atoms with Crippen molar-refractivity contribution >= 4 is 18.6 Å². The molecule has 2 saturated heterocycles. The lowest BCUT2D eigenvalue weighted by molar-refractivity contribution is -0.167. The second-order valence-electron chi connectivity index (χ2n) is 6.70. The average Bonchev–Trinajstić information content (AvgIpc) is 2.49. The number of hydrogen-bond donors (Lipinski definition) is 0. The molecular formula is C15H32O3Si2. The van der Waals surface area contributed by atoms with Gasteiger partial charge >= 0.3 is 0 Å². The molecule has 0 amide bonds. The predicted molar refractivity (Wildman–Crippen MR) is 88.7 cm³/mol. The van der Waals surface area contributed by atoms with Crippen molar-refractivity contribution in [2.24, 2.45) is 0 Å². The van der Waals surface area contributed by atoms with E-state index in [2.05, 4.69) is 20.0 Å². The largest absolute Gasteiger partial charge is 0.421 e. The first-order valence-electron chi connectivity index (χ1n) is 8.52. The van der Waals surface area contributed by atoms with Crippen molar-refractivity contribution in [2.75, 3.05) is 19.8 Å². The summed E-state index contributed by atoms with van der Waals surface area (Å²) in [5.74, 6) is 0. The Labute approximate surface area is 128 Å². The quantitative estimate of drug-likeness (QED) is 0.556. The summed E-state index contributed by atoms with van der Waals surface area (Å²) in [7, 11) is -1.68. The fourth-order valence-electron chi connectivity index (χ4n) is 3.96. The van der Waals surface area contributed by atoms with E-state index in [-0.39, 0.29) is 10.4 Å². The fourth-order valence-corrected chi connectivity index (χ4v) is 9.86. The summed E-state index contributed by atoms with van der Waals surface area (Å²) in [4.78, 5) is 0. The van der Waals surface area contributed by atoms with Crippen LogP contribution in [0.4, 0.5) is 0 Å². The van der Waals surface area contributed by atoms with Crippen molar-refractivity contribution in [1.82, 2.24) is 0 Å². The van der Waals surface area contributed by atoms with Crippen LogP contribution >= 0.6 is 0 Å². The first-order chi connectivity index (χ1) is 9.67. The van der Waals surface area contributed by atoms with E-state index in [0.29, 0.717) is 0 Å². The van der Waals surface area contributed by atoms with Crippen molar-refractivity contribution in [1.29, 1.82) is 0 Å². The third-order valence-electron chi connectivity index (χ3n) is 5.04.